The Kier molecular flexibility index (Phi) is 4.93. The van der Waals surface area contributed by atoms with E-state index in [4.69, 9.17) is 5.73 Å². The van der Waals surface area contributed by atoms with E-state index in [-0.39, 0.29) is 9.79 Å². The molecule has 0 saturated heterocycles. The van der Waals surface area contributed by atoms with E-state index in [1.165, 1.54) is 12.2 Å². The van der Waals surface area contributed by atoms with Gasteiger partial charge >= 0.3 is 0 Å². The Bertz CT molecular complexity index is 1400. The van der Waals surface area contributed by atoms with Gasteiger partial charge < -0.3 is 5.73 Å². The number of sulfone groups is 1. The number of aromatic nitrogens is 3. The molecule has 0 atom stereocenters. The minimum Gasteiger partial charge on any atom is -0.366 e. The fraction of sp³-hybridized carbons (Fsp3) is 0.0455. The molecule has 0 bridgehead atoms. The van der Waals surface area contributed by atoms with Crippen molar-refractivity contribution in [2.24, 2.45) is 12.8 Å². The summed E-state index contributed by atoms with van der Waals surface area (Å²) < 4.78 is 28.7. The van der Waals surface area contributed by atoms with Crippen molar-refractivity contribution in [3.05, 3.63) is 78.8 Å². The highest BCUT2D eigenvalue weighted by Crippen LogP contribution is 2.34. The Morgan fingerprint density at radius 3 is 2.67 bits per heavy atom. The van der Waals surface area contributed by atoms with Crippen molar-refractivity contribution >= 4 is 32.7 Å². The van der Waals surface area contributed by atoms with Crippen LogP contribution in [0.2, 0.25) is 0 Å². The maximum Gasteiger partial charge on any atom is 0.241 e. The predicted octanol–water partition coefficient (Wildman–Crippen LogP) is 2.97. The number of amides is 1. The number of aryl methyl sites for hydroxylation is 1. The molecule has 150 valence electrons. The highest BCUT2D eigenvalue weighted by molar-refractivity contribution is 7.91. The number of carbonyl (C=O) groups is 1. The van der Waals surface area contributed by atoms with Gasteiger partial charge in [-0.1, -0.05) is 18.2 Å². The van der Waals surface area contributed by atoms with E-state index in [1.54, 1.807) is 78.9 Å². The van der Waals surface area contributed by atoms with Crippen LogP contribution in [0.5, 0.6) is 0 Å². The van der Waals surface area contributed by atoms with Crippen LogP contribution in [0.4, 0.5) is 0 Å². The summed E-state index contributed by atoms with van der Waals surface area (Å²) >= 11 is 0. The number of hydrogen-bond acceptors (Lipinski definition) is 5. The molecule has 0 aliphatic carbocycles. The van der Waals surface area contributed by atoms with Gasteiger partial charge in [0.2, 0.25) is 15.7 Å². The molecule has 8 heteroatoms. The molecule has 0 fully saturated rings. The second kappa shape index (κ2) is 7.57. The van der Waals surface area contributed by atoms with Crippen LogP contribution in [0.25, 0.3) is 28.1 Å². The molecule has 2 aromatic heterocycles. The predicted molar refractivity (Wildman–Crippen MR) is 114 cm³/mol. The fourth-order valence-corrected chi connectivity index (χ4v) is 4.79. The number of fused-ring (bicyclic) bond motifs is 1. The van der Waals surface area contributed by atoms with Crippen LogP contribution in [0.1, 0.15) is 5.56 Å². The number of hydrogen-bond donors (Lipinski definition) is 1. The molecule has 0 aliphatic rings. The van der Waals surface area contributed by atoms with Crippen LogP contribution < -0.4 is 5.73 Å². The van der Waals surface area contributed by atoms with Crippen molar-refractivity contribution in [1.82, 2.24) is 14.8 Å². The molecule has 2 heterocycles. The number of pyridine rings is 1. The van der Waals surface area contributed by atoms with Crippen molar-refractivity contribution in [3.8, 4) is 11.1 Å². The number of benzene rings is 2. The molecule has 0 saturated carbocycles. The zero-order valence-electron chi connectivity index (χ0n) is 16.1. The third-order valence-electron chi connectivity index (χ3n) is 4.78. The lowest BCUT2D eigenvalue weighted by molar-refractivity contribution is -0.113. The van der Waals surface area contributed by atoms with Gasteiger partial charge in [-0.2, -0.15) is 5.10 Å². The Morgan fingerprint density at radius 1 is 1.07 bits per heavy atom. The number of carbonyl (C=O) groups excluding carboxylic acids is 1. The van der Waals surface area contributed by atoms with E-state index >= 15 is 0 Å². The number of rotatable bonds is 5. The summed E-state index contributed by atoms with van der Waals surface area (Å²) in [4.78, 5) is 15.6. The number of nitrogens with zero attached hydrogens (tertiary/aromatic N) is 3. The Labute approximate surface area is 173 Å². The van der Waals surface area contributed by atoms with Crippen LogP contribution in [0.3, 0.4) is 0 Å². The molecule has 30 heavy (non-hydrogen) atoms. The average Bonchev–Trinajstić information content (AvgIpc) is 3.12. The van der Waals surface area contributed by atoms with E-state index in [9.17, 15) is 13.2 Å². The van der Waals surface area contributed by atoms with Gasteiger partial charge in [-0.15, -0.1) is 0 Å². The van der Waals surface area contributed by atoms with E-state index in [1.807, 2.05) is 0 Å². The zero-order chi connectivity index (χ0) is 21.3. The Balaban J connectivity index is 1.90. The van der Waals surface area contributed by atoms with E-state index in [0.29, 0.717) is 16.7 Å². The van der Waals surface area contributed by atoms with Gasteiger partial charge in [0.1, 0.15) is 0 Å². The largest absolute Gasteiger partial charge is 0.366 e. The lowest BCUT2D eigenvalue weighted by Crippen LogP contribution is -2.06. The van der Waals surface area contributed by atoms with Crippen molar-refractivity contribution in [1.29, 1.82) is 0 Å². The van der Waals surface area contributed by atoms with E-state index < -0.39 is 15.7 Å². The minimum atomic E-state index is -3.83. The van der Waals surface area contributed by atoms with Gasteiger partial charge in [-0.05, 0) is 42.0 Å². The van der Waals surface area contributed by atoms with Gasteiger partial charge in [0.25, 0.3) is 0 Å². The molecule has 4 rings (SSSR count). The first-order valence-electron chi connectivity index (χ1n) is 9.06. The average molecular weight is 418 g/mol. The highest BCUT2D eigenvalue weighted by Gasteiger charge is 2.23. The second-order valence-corrected chi connectivity index (χ2v) is 8.61. The van der Waals surface area contributed by atoms with Gasteiger partial charge in [-0.3, -0.25) is 14.5 Å². The van der Waals surface area contributed by atoms with Crippen molar-refractivity contribution < 1.29 is 13.2 Å². The summed E-state index contributed by atoms with van der Waals surface area (Å²) in [6, 6.07) is 13.4. The zero-order valence-corrected chi connectivity index (χ0v) is 16.9. The molecule has 0 unspecified atom stereocenters. The van der Waals surface area contributed by atoms with Gasteiger partial charge in [-0.25, -0.2) is 8.42 Å². The Hall–Kier alpha value is -3.78. The maximum absolute atomic E-state index is 13.5. The first-order chi connectivity index (χ1) is 14.4. The second-order valence-electron chi connectivity index (χ2n) is 6.69. The van der Waals surface area contributed by atoms with Crippen LogP contribution in [0, 0.1) is 0 Å². The molecule has 1 amide bonds. The summed E-state index contributed by atoms with van der Waals surface area (Å²) in [5.74, 6) is -0.602. The minimum absolute atomic E-state index is 0.159. The molecule has 7 nitrogen and oxygen atoms in total. The normalized spacial score (nSPS) is 11.9. The number of primary amides is 1. The molecule has 0 radical (unpaired) electrons. The quantitative estimate of drug-likeness (QED) is 0.501. The SMILES string of the molecule is Cn1ncc2ccc(S(=O)(=O)c3ccccc3-c3ccncc3/C=C/C(N)=O)cc21. The lowest BCUT2D eigenvalue weighted by Gasteiger charge is -2.13. The number of nitrogens with two attached hydrogens (primary N) is 1. The third-order valence-corrected chi connectivity index (χ3v) is 6.59. The topological polar surface area (TPSA) is 108 Å². The molecule has 0 spiro atoms. The monoisotopic (exact) mass is 418 g/mol. The summed E-state index contributed by atoms with van der Waals surface area (Å²) in [7, 11) is -2.06. The third kappa shape index (κ3) is 3.48. The summed E-state index contributed by atoms with van der Waals surface area (Å²) in [6.45, 7) is 0. The molecular weight excluding hydrogens is 400 g/mol. The van der Waals surface area contributed by atoms with E-state index in [0.717, 1.165) is 10.9 Å². The van der Waals surface area contributed by atoms with Crippen molar-refractivity contribution in [2.75, 3.05) is 0 Å². The Morgan fingerprint density at radius 2 is 1.87 bits per heavy atom. The smallest absolute Gasteiger partial charge is 0.241 e. The van der Waals surface area contributed by atoms with Crippen molar-refractivity contribution in [3.63, 3.8) is 0 Å². The summed E-state index contributed by atoms with van der Waals surface area (Å²) in [5, 5.41) is 5.03. The van der Waals surface area contributed by atoms with Gasteiger partial charge in [0.15, 0.2) is 0 Å². The lowest BCUT2D eigenvalue weighted by atomic mass is 10.0. The van der Waals surface area contributed by atoms with Gasteiger partial charge in [0.05, 0.1) is 21.5 Å². The van der Waals surface area contributed by atoms with Crippen LogP contribution >= 0.6 is 0 Å². The first-order valence-corrected chi connectivity index (χ1v) is 10.5. The molecule has 2 aromatic carbocycles. The standard InChI is InChI=1S/C22H18N4O3S/c1-26-20-12-17(8-6-16(20)14-25-26)30(28,29)21-5-3-2-4-19(21)18-10-11-24-13-15(18)7-9-22(23)27/h2-14H,1H3,(H2,23,27)/b9-7+. The molecule has 2 N–H and O–H groups in total. The molecule has 4 aromatic rings. The maximum atomic E-state index is 13.5. The fourth-order valence-electron chi connectivity index (χ4n) is 3.30. The summed E-state index contributed by atoms with van der Waals surface area (Å²) in [5.41, 5.74) is 7.65. The van der Waals surface area contributed by atoms with Gasteiger partial charge in [0, 0.05) is 42.0 Å². The molecule has 0 aliphatic heterocycles. The highest BCUT2D eigenvalue weighted by atomic mass is 32.2. The van der Waals surface area contributed by atoms with Crippen molar-refractivity contribution in [2.45, 2.75) is 9.79 Å². The molecular formula is C22H18N4O3S. The first kappa shape index (κ1) is 19.5. The van der Waals surface area contributed by atoms with Crippen LogP contribution in [0.15, 0.2) is 83.0 Å². The summed E-state index contributed by atoms with van der Waals surface area (Å²) in [6.07, 6.45) is 7.56. The van der Waals surface area contributed by atoms with Crippen LogP contribution in [-0.2, 0) is 21.7 Å². The van der Waals surface area contributed by atoms with Crippen LogP contribution in [-0.4, -0.2) is 29.1 Å². The van der Waals surface area contributed by atoms with E-state index in [2.05, 4.69) is 10.1 Å².